The molecule has 0 aliphatic carbocycles. The van der Waals surface area contributed by atoms with Crippen LogP contribution in [-0.4, -0.2) is 15.0 Å². The van der Waals surface area contributed by atoms with Crippen LogP contribution in [0.2, 0.25) is 5.02 Å². The minimum absolute atomic E-state index is 0.0127. The highest BCUT2D eigenvalue weighted by atomic mass is 35.5. The highest BCUT2D eigenvalue weighted by Gasteiger charge is 2.30. The summed E-state index contributed by atoms with van der Waals surface area (Å²) in [6.45, 7) is 0.332. The summed E-state index contributed by atoms with van der Waals surface area (Å²) in [5, 5.41) is 10.5. The van der Waals surface area contributed by atoms with Gasteiger partial charge in [-0.3, -0.25) is 4.68 Å². The van der Waals surface area contributed by atoms with Crippen molar-refractivity contribution >= 4 is 17.3 Å². The number of halogens is 4. The van der Waals surface area contributed by atoms with Gasteiger partial charge in [0.15, 0.2) is 0 Å². The Bertz CT molecular complexity index is 580. The fraction of sp³-hybridized carbons (Fsp3) is 0.273. The minimum Gasteiger partial charge on any atom is -0.378 e. The van der Waals surface area contributed by atoms with Crippen molar-refractivity contribution in [3.05, 3.63) is 40.7 Å². The van der Waals surface area contributed by atoms with E-state index >= 15 is 0 Å². The Kier molecular flexibility index (Phi) is 3.66. The van der Waals surface area contributed by atoms with E-state index in [1.165, 1.54) is 10.7 Å². The molecule has 1 heterocycles. The third-order valence-electron chi connectivity index (χ3n) is 2.41. The van der Waals surface area contributed by atoms with Crippen molar-refractivity contribution in [2.24, 2.45) is 7.05 Å². The average molecular weight is 291 g/mol. The summed E-state index contributed by atoms with van der Waals surface area (Å²) >= 11 is 5.80. The van der Waals surface area contributed by atoms with E-state index in [2.05, 4.69) is 15.6 Å². The average Bonchev–Trinajstić information content (AvgIpc) is 2.72. The molecule has 8 heteroatoms. The normalized spacial score (nSPS) is 11.6. The standard InChI is InChI=1S/C11H10ClF3N4/c1-19-6-8(17-18-19)5-16-10-3-2-7(4-9(10)12)11(13,14)15/h2-4,6,16H,5H2,1H3. The van der Waals surface area contributed by atoms with Gasteiger partial charge in [-0.2, -0.15) is 13.2 Å². The molecule has 0 fully saturated rings. The molecule has 1 aromatic heterocycles. The summed E-state index contributed by atoms with van der Waals surface area (Å²) in [6.07, 6.45) is -2.70. The van der Waals surface area contributed by atoms with Gasteiger partial charge in [0, 0.05) is 13.2 Å². The summed E-state index contributed by atoms with van der Waals surface area (Å²) in [5.74, 6) is 0. The van der Waals surface area contributed by atoms with Crippen LogP contribution in [0.1, 0.15) is 11.3 Å². The number of hydrogen-bond donors (Lipinski definition) is 1. The number of aromatic nitrogens is 3. The first-order valence-electron chi connectivity index (χ1n) is 5.32. The lowest BCUT2D eigenvalue weighted by molar-refractivity contribution is -0.137. The number of nitrogens with one attached hydrogen (secondary N) is 1. The molecule has 0 saturated carbocycles. The molecule has 0 unspecified atom stereocenters. The van der Waals surface area contributed by atoms with E-state index in [-0.39, 0.29) is 5.02 Å². The number of rotatable bonds is 3. The number of nitrogens with zero attached hydrogens (tertiary/aromatic N) is 3. The van der Waals surface area contributed by atoms with Gasteiger partial charge in [0.2, 0.25) is 0 Å². The Morgan fingerprint density at radius 1 is 1.37 bits per heavy atom. The molecule has 1 N–H and O–H groups in total. The third-order valence-corrected chi connectivity index (χ3v) is 2.72. The Morgan fingerprint density at radius 3 is 2.63 bits per heavy atom. The predicted octanol–water partition coefficient (Wildman–Crippen LogP) is 3.10. The molecular formula is C11H10ClF3N4. The smallest absolute Gasteiger partial charge is 0.378 e. The van der Waals surface area contributed by atoms with Crippen LogP contribution in [0.15, 0.2) is 24.4 Å². The highest BCUT2D eigenvalue weighted by Crippen LogP contribution is 2.33. The lowest BCUT2D eigenvalue weighted by Gasteiger charge is -2.10. The second-order valence-corrected chi connectivity index (χ2v) is 4.34. The largest absolute Gasteiger partial charge is 0.416 e. The summed E-state index contributed by atoms with van der Waals surface area (Å²) in [4.78, 5) is 0. The molecule has 102 valence electrons. The van der Waals surface area contributed by atoms with E-state index in [0.29, 0.717) is 17.9 Å². The Labute approximate surface area is 112 Å². The first-order chi connectivity index (χ1) is 8.86. The lowest BCUT2D eigenvalue weighted by Crippen LogP contribution is -2.06. The first-order valence-corrected chi connectivity index (χ1v) is 5.70. The molecule has 0 bridgehead atoms. The van der Waals surface area contributed by atoms with Gasteiger partial charge in [-0.05, 0) is 18.2 Å². The molecule has 0 atom stereocenters. The SMILES string of the molecule is Cn1cc(CNc2ccc(C(F)(F)F)cc2Cl)nn1. The molecule has 0 radical (unpaired) electrons. The quantitative estimate of drug-likeness (QED) is 0.944. The molecule has 0 aliphatic rings. The zero-order chi connectivity index (χ0) is 14.0. The van der Waals surface area contributed by atoms with Gasteiger partial charge < -0.3 is 5.32 Å². The van der Waals surface area contributed by atoms with Crippen LogP contribution < -0.4 is 5.32 Å². The number of benzene rings is 1. The van der Waals surface area contributed by atoms with Crippen molar-refractivity contribution in [3.8, 4) is 0 Å². The Morgan fingerprint density at radius 2 is 2.11 bits per heavy atom. The van der Waals surface area contributed by atoms with E-state index in [0.717, 1.165) is 12.1 Å². The van der Waals surface area contributed by atoms with Crippen LogP contribution in [0, 0.1) is 0 Å². The maximum Gasteiger partial charge on any atom is 0.416 e. The summed E-state index contributed by atoms with van der Waals surface area (Å²) in [5.41, 5.74) is 0.307. The van der Waals surface area contributed by atoms with Gasteiger partial charge in [-0.1, -0.05) is 16.8 Å². The molecule has 4 nitrogen and oxygen atoms in total. The molecule has 19 heavy (non-hydrogen) atoms. The maximum absolute atomic E-state index is 12.5. The van der Waals surface area contributed by atoms with Crippen molar-refractivity contribution in [2.45, 2.75) is 12.7 Å². The molecule has 0 aliphatic heterocycles. The zero-order valence-corrected chi connectivity index (χ0v) is 10.6. The van der Waals surface area contributed by atoms with Crippen LogP contribution in [0.4, 0.5) is 18.9 Å². The summed E-state index contributed by atoms with van der Waals surface area (Å²) in [6, 6.07) is 3.16. The molecule has 0 spiro atoms. The summed E-state index contributed by atoms with van der Waals surface area (Å²) < 4.78 is 38.9. The van der Waals surface area contributed by atoms with Gasteiger partial charge in [0.25, 0.3) is 0 Å². The van der Waals surface area contributed by atoms with Gasteiger partial charge in [-0.25, -0.2) is 0 Å². The van der Waals surface area contributed by atoms with Gasteiger partial charge in [0.1, 0.15) is 5.69 Å². The van der Waals surface area contributed by atoms with Crippen molar-refractivity contribution in [2.75, 3.05) is 5.32 Å². The molecule has 2 aromatic rings. The molecule has 0 saturated heterocycles. The van der Waals surface area contributed by atoms with Gasteiger partial charge in [-0.15, -0.1) is 5.10 Å². The molecule has 2 rings (SSSR count). The zero-order valence-electron chi connectivity index (χ0n) is 9.87. The fourth-order valence-corrected chi connectivity index (χ4v) is 1.74. The van der Waals surface area contributed by atoms with E-state index in [1.807, 2.05) is 0 Å². The minimum atomic E-state index is -4.40. The molecular weight excluding hydrogens is 281 g/mol. The third kappa shape index (κ3) is 3.37. The van der Waals surface area contributed by atoms with Crippen LogP contribution in [0.25, 0.3) is 0 Å². The first kappa shape index (κ1) is 13.7. The molecule has 1 aromatic carbocycles. The number of alkyl halides is 3. The number of aryl methyl sites for hydroxylation is 1. The monoisotopic (exact) mass is 290 g/mol. The lowest BCUT2D eigenvalue weighted by atomic mass is 10.2. The van der Waals surface area contributed by atoms with Crippen molar-refractivity contribution < 1.29 is 13.2 Å². The summed E-state index contributed by atoms with van der Waals surface area (Å²) in [7, 11) is 1.72. The van der Waals surface area contributed by atoms with Crippen LogP contribution in [0.3, 0.4) is 0 Å². The van der Waals surface area contributed by atoms with E-state index < -0.39 is 11.7 Å². The highest BCUT2D eigenvalue weighted by molar-refractivity contribution is 6.33. The van der Waals surface area contributed by atoms with Gasteiger partial charge >= 0.3 is 6.18 Å². The second-order valence-electron chi connectivity index (χ2n) is 3.93. The topological polar surface area (TPSA) is 42.7 Å². The van der Waals surface area contributed by atoms with E-state index in [9.17, 15) is 13.2 Å². The van der Waals surface area contributed by atoms with Crippen LogP contribution in [0.5, 0.6) is 0 Å². The van der Waals surface area contributed by atoms with E-state index in [4.69, 9.17) is 11.6 Å². The number of anilines is 1. The number of hydrogen-bond acceptors (Lipinski definition) is 3. The van der Waals surface area contributed by atoms with Crippen molar-refractivity contribution in [1.29, 1.82) is 0 Å². The second kappa shape index (κ2) is 5.08. The maximum atomic E-state index is 12.5. The Hall–Kier alpha value is -1.76. The Balaban J connectivity index is 2.09. The van der Waals surface area contributed by atoms with Crippen LogP contribution in [-0.2, 0) is 19.8 Å². The van der Waals surface area contributed by atoms with Crippen LogP contribution >= 0.6 is 11.6 Å². The molecule has 0 amide bonds. The van der Waals surface area contributed by atoms with E-state index in [1.54, 1.807) is 13.2 Å². The van der Waals surface area contributed by atoms with Crippen molar-refractivity contribution in [3.63, 3.8) is 0 Å². The van der Waals surface area contributed by atoms with Crippen molar-refractivity contribution in [1.82, 2.24) is 15.0 Å². The fourth-order valence-electron chi connectivity index (χ4n) is 1.50. The van der Waals surface area contributed by atoms with Gasteiger partial charge in [0.05, 0.1) is 22.8 Å². The predicted molar refractivity (Wildman–Crippen MR) is 64.8 cm³/mol.